The second kappa shape index (κ2) is 2.69. The zero-order valence-electron chi connectivity index (χ0n) is 5.76. The standard InChI is InChI=1S/C8H9FO/c1-6-5-7(10-2)3-4-8(6)9/h3-5,10H,2H2,1H3. The van der Waals surface area contributed by atoms with Gasteiger partial charge in [0, 0.05) is 12.1 Å². The molecular weight excluding hydrogens is 131 g/mol. The summed E-state index contributed by atoms with van der Waals surface area (Å²) >= 11 is 0. The molecule has 0 aromatic heterocycles. The average Bonchev–Trinajstić information content (AvgIpc) is 1.95. The highest BCUT2D eigenvalue weighted by molar-refractivity contribution is 5.27. The smallest absolute Gasteiger partial charge is 0.226 e. The fourth-order valence-electron chi connectivity index (χ4n) is 0.727. The highest BCUT2D eigenvalue weighted by Crippen LogP contribution is 2.15. The van der Waals surface area contributed by atoms with E-state index in [1.54, 1.807) is 19.1 Å². The van der Waals surface area contributed by atoms with Crippen molar-refractivity contribution in [2.75, 3.05) is 0 Å². The van der Waals surface area contributed by atoms with Gasteiger partial charge in [0.2, 0.25) is 5.75 Å². The molecule has 1 aromatic carbocycles. The van der Waals surface area contributed by atoms with Gasteiger partial charge in [-0.25, -0.2) is 4.39 Å². The molecule has 1 aromatic rings. The van der Waals surface area contributed by atoms with E-state index in [0.717, 1.165) is 0 Å². The van der Waals surface area contributed by atoms with Crippen molar-refractivity contribution in [3.8, 4) is 5.75 Å². The molecule has 1 rings (SSSR count). The van der Waals surface area contributed by atoms with Crippen LogP contribution in [-0.2, 0) is 0 Å². The van der Waals surface area contributed by atoms with Crippen molar-refractivity contribution >= 4 is 0 Å². The predicted octanol–water partition coefficient (Wildman–Crippen LogP) is 2.17. The Morgan fingerprint density at radius 2 is 2.20 bits per heavy atom. The van der Waals surface area contributed by atoms with E-state index in [-0.39, 0.29) is 5.82 Å². The molecule has 0 amide bonds. The second-order valence-corrected chi connectivity index (χ2v) is 2.09. The van der Waals surface area contributed by atoms with E-state index in [2.05, 4.69) is 11.8 Å². The zero-order valence-corrected chi connectivity index (χ0v) is 5.76. The Balaban J connectivity index is 3.04. The monoisotopic (exact) mass is 140 g/mol. The van der Waals surface area contributed by atoms with Gasteiger partial charge in [0.15, 0.2) is 0 Å². The third-order valence-electron chi connectivity index (χ3n) is 1.32. The number of aromatic hydroxyl groups is 1. The second-order valence-electron chi connectivity index (χ2n) is 2.09. The normalized spacial score (nSPS) is 9.50. The van der Waals surface area contributed by atoms with Gasteiger partial charge in [-0.05, 0) is 25.7 Å². The lowest BCUT2D eigenvalue weighted by Crippen LogP contribution is -1.81. The number of aryl methyl sites for hydroxylation is 1. The number of aliphatic hydroxyl groups is 1. The molecule has 0 saturated carbocycles. The van der Waals surface area contributed by atoms with Gasteiger partial charge in [0.05, 0.1) is 0 Å². The predicted molar refractivity (Wildman–Crippen MR) is 38.2 cm³/mol. The summed E-state index contributed by atoms with van der Waals surface area (Å²) in [7, 11) is 3.33. The Morgan fingerprint density at radius 3 is 2.70 bits per heavy atom. The quantitative estimate of drug-likeness (QED) is 0.419. The van der Waals surface area contributed by atoms with E-state index in [1.165, 1.54) is 6.07 Å². The Morgan fingerprint density at radius 1 is 1.50 bits per heavy atom. The lowest BCUT2D eigenvalue weighted by molar-refractivity contribution is 0.185. The van der Waals surface area contributed by atoms with Crippen molar-refractivity contribution in [2.45, 2.75) is 6.92 Å². The Bertz CT molecular complexity index is 233. The first-order valence-corrected chi connectivity index (χ1v) is 2.97. The molecule has 1 N–H and O–H groups in total. The van der Waals surface area contributed by atoms with Gasteiger partial charge in [-0.15, -0.1) is 0 Å². The summed E-state index contributed by atoms with van der Waals surface area (Å²) in [5, 5.41) is 0. The maximum atomic E-state index is 12.6. The Hall–Kier alpha value is -1.05. The molecule has 0 aliphatic carbocycles. The zero-order chi connectivity index (χ0) is 7.56. The van der Waals surface area contributed by atoms with Crippen LogP contribution < -0.4 is 0 Å². The molecule has 0 spiro atoms. The van der Waals surface area contributed by atoms with Crippen LogP contribution >= 0.6 is 0 Å². The van der Waals surface area contributed by atoms with Crippen molar-refractivity contribution < 1.29 is 9.13 Å². The molecule has 0 fully saturated rings. The molecule has 54 valence electrons. The fourth-order valence-corrected chi connectivity index (χ4v) is 0.727. The molecule has 10 heavy (non-hydrogen) atoms. The summed E-state index contributed by atoms with van der Waals surface area (Å²) in [6.45, 7) is 1.70. The summed E-state index contributed by atoms with van der Waals surface area (Å²) in [6, 6.07) is 4.64. The van der Waals surface area contributed by atoms with Gasteiger partial charge >= 0.3 is 0 Å². The molecule has 1 nitrogen and oxygen atoms in total. The number of halogens is 1. The van der Waals surface area contributed by atoms with Crippen LogP contribution in [0, 0.1) is 19.9 Å². The van der Waals surface area contributed by atoms with Crippen molar-refractivity contribution in [2.24, 2.45) is 0 Å². The van der Waals surface area contributed by atoms with Gasteiger partial charge in [0.1, 0.15) is 5.82 Å². The van der Waals surface area contributed by atoms with Crippen LogP contribution in [0.2, 0.25) is 0 Å². The van der Waals surface area contributed by atoms with Crippen molar-refractivity contribution in [1.29, 1.82) is 0 Å². The highest BCUT2D eigenvalue weighted by atomic mass is 19.1. The molecule has 0 radical (unpaired) electrons. The Kier molecular flexibility index (Phi) is 1.90. The minimum absolute atomic E-state index is 0.201. The molecule has 0 atom stereocenters. The van der Waals surface area contributed by atoms with Crippen LogP contribution in [0.4, 0.5) is 4.39 Å². The highest BCUT2D eigenvalue weighted by Gasteiger charge is 1.98. The lowest BCUT2D eigenvalue weighted by atomic mass is 10.2. The van der Waals surface area contributed by atoms with Gasteiger partial charge in [-0.3, -0.25) is 0 Å². The fraction of sp³-hybridized carbons (Fsp3) is 0.125. The van der Waals surface area contributed by atoms with Crippen LogP contribution in [0.3, 0.4) is 0 Å². The van der Waals surface area contributed by atoms with Gasteiger partial charge in [0.25, 0.3) is 0 Å². The van der Waals surface area contributed by atoms with Crippen LogP contribution in [0.1, 0.15) is 5.56 Å². The minimum Gasteiger partial charge on any atom is -0.722 e. The first-order chi connectivity index (χ1) is 4.74. The van der Waals surface area contributed by atoms with Gasteiger partial charge < -0.3 is 4.74 Å². The average molecular weight is 140 g/mol. The first kappa shape index (κ1) is 7.06. The van der Waals surface area contributed by atoms with Gasteiger partial charge in [-0.2, -0.15) is 0 Å². The maximum Gasteiger partial charge on any atom is 0.226 e. The maximum absolute atomic E-state index is 12.6. The van der Waals surface area contributed by atoms with Crippen molar-refractivity contribution in [3.05, 3.63) is 36.7 Å². The number of benzene rings is 1. The van der Waals surface area contributed by atoms with Gasteiger partial charge in [-0.1, -0.05) is 0 Å². The van der Waals surface area contributed by atoms with Crippen molar-refractivity contribution in [1.82, 2.24) is 0 Å². The molecule has 0 bridgehead atoms. The number of rotatable bonds is 1. The Labute approximate surface area is 59.4 Å². The molecule has 2 heteroatoms. The lowest BCUT2D eigenvalue weighted by Gasteiger charge is -2.03. The van der Waals surface area contributed by atoms with Crippen molar-refractivity contribution in [3.63, 3.8) is 0 Å². The summed E-state index contributed by atoms with van der Waals surface area (Å²) in [6.07, 6.45) is 0. The molecule has 0 aliphatic rings. The largest absolute Gasteiger partial charge is 0.722 e. The van der Waals surface area contributed by atoms with E-state index in [9.17, 15) is 4.39 Å². The van der Waals surface area contributed by atoms with E-state index in [1.807, 2.05) is 0 Å². The third-order valence-corrected chi connectivity index (χ3v) is 1.32. The molecule has 0 heterocycles. The SMILES string of the molecule is [CH2-][OH+]c1ccc(F)c(C)c1. The van der Waals surface area contributed by atoms with E-state index in [0.29, 0.717) is 11.3 Å². The van der Waals surface area contributed by atoms with E-state index < -0.39 is 0 Å². The number of ether oxygens (including phenoxy) is 1. The van der Waals surface area contributed by atoms with Crippen LogP contribution in [0.15, 0.2) is 18.2 Å². The first-order valence-electron chi connectivity index (χ1n) is 2.97. The number of hydrogen-bond acceptors (Lipinski definition) is 0. The number of hydrogen-bond donors (Lipinski definition) is 0. The molecule has 0 unspecified atom stereocenters. The summed E-state index contributed by atoms with van der Waals surface area (Å²) < 4.78 is 16.2. The minimum atomic E-state index is -0.201. The topological polar surface area (TPSA) is 12.8 Å². The molecule has 0 aliphatic heterocycles. The summed E-state index contributed by atoms with van der Waals surface area (Å²) in [5.41, 5.74) is 0.602. The van der Waals surface area contributed by atoms with Crippen LogP contribution in [-0.4, -0.2) is 4.74 Å². The van der Waals surface area contributed by atoms with Crippen LogP contribution in [0.25, 0.3) is 0 Å². The van der Waals surface area contributed by atoms with Crippen LogP contribution in [0.5, 0.6) is 5.75 Å². The molecular formula is C8H9FO. The van der Waals surface area contributed by atoms with E-state index in [4.69, 9.17) is 0 Å². The molecule has 0 saturated heterocycles. The summed E-state index contributed by atoms with van der Waals surface area (Å²) in [4.78, 5) is 0. The summed E-state index contributed by atoms with van der Waals surface area (Å²) in [5.74, 6) is 0.506. The third kappa shape index (κ3) is 1.26. The van der Waals surface area contributed by atoms with E-state index >= 15 is 0 Å².